The van der Waals surface area contributed by atoms with Gasteiger partial charge in [0, 0.05) is 42.9 Å². The summed E-state index contributed by atoms with van der Waals surface area (Å²) < 4.78 is 6.00. The summed E-state index contributed by atoms with van der Waals surface area (Å²) in [5, 5.41) is 5.64. The zero-order valence-corrected chi connectivity index (χ0v) is 20.7. The number of aryl methyl sites for hydroxylation is 1. The van der Waals surface area contributed by atoms with E-state index in [4.69, 9.17) is 4.74 Å². The van der Waals surface area contributed by atoms with Crippen LogP contribution in [0, 0.1) is 6.92 Å². The van der Waals surface area contributed by atoms with Crippen LogP contribution in [0.1, 0.15) is 35.2 Å². The summed E-state index contributed by atoms with van der Waals surface area (Å²) in [4.78, 5) is 34.6. The van der Waals surface area contributed by atoms with Gasteiger partial charge in [-0.1, -0.05) is 12.1 Å². The quantitative estimate of drug-likeness (QED) is 0.286. The SMILES string of the molecule is Cc1cccc(NC(=O)Nc2ccc(Oc3ccnc(-c4cc(C(=O)N5CCCCC5)c[nH]4)c3)cc2)c1. The number of carbonyl (C=O) groups excluding carboxylic acids is 2. The average Bonchev–Trinajstić information content (AvgIpc) is 3.41. The van der Waals surface area contributed by atoms with Crippen molar-refractivity contribution in [1.82, 2.24) is 14.9 Å². The van der Waals surface area contributed by atoms with Crippen molar-refractivity contribution in [3.05, 3.63) is 90.3 Å². The molecule has 5 rings (SSSR count). The molecule has 2 aromatic carbocycles. The van der Waals surface area contributed by atoms with Crippen molar-refractivity contribution in [3.63, 3.8) is 0 Å². The third-order valence-corrected chi connectivity index (χ3v) is 6.20. The van der Waals surface area contributed by atoms with Gasteiger partial charge in [0.2, 0.25) is 0 Å². The standard InChI is InChI=1S/C29H29N5O3/c1-20-6-5-7-23(16-20)33-29(36)32-22-8-10-24(11-9-22)37-25-12-13-30-27(18-25)26-17-21(19-31-26)28(35)34-14-3-2-4-15-34/h5-13,16-19,31H,2-4,14-15H2,1H3,(H2,32,33,36). The van der Waals surface area contributed by atoms with Crippen molar-refractivity contribution in [2.45, 2.75) is 26.2 Å². The largest absolute Gasteiger partial charge is 0.457 e. The molecule has 0 radical (unpaired) electrons. The predicted octanol–water partition coefficient (Wildman–Crippen LogP) is 6.45. The lowest BCUT2D eigenvalue weighted by molar-refractivity contribution is 0.0724. The second kappa shape index (κ2) is 11.0. The van der Waals surface area contributed by atoms with E-state index in [1.54, 1.807) is 42.7 Å². The van der Waals surface area contributed by atoms with E-state index in [0.717, 1.165) is 42.9 Å². The smallest absolute Gasteiger partial charge is 0.323 e. The van der Waals surface area contributed by atoms with Crippen LogP contribution in [0.15, 0.2) is 79.1 Å². The molecule has 0 spiro atoms. The van der Waals surface area contributed by atoms with E-state index in [9.17, 15) is 9.59 Å². The normalized spacial score (nSPS) is 13.2. The summed E-state index contributed by atoms with van der Waals surface area (Å²) in [5.41, 5.74) is 4.52. The second-order valence-corrected chi connectivity index (χ2v) is 9.11. The highest BCUT2D eigenvalue weighted by atomic mass is 16.5. The van der Waals surface area contributed by atoms with Crippen molar-refractivity contribution >= 4 is 23.3 Å². The lowest BCUT2D eigenvalue weighted by Crippen LogP contribution is -2.35. The van der Waals surface area contributed by atoms with E-state index in [1.807, 2.05) is 48.2 Å². The first kappa shape index (κ1) is 24.1. The van der Waals surface area contributed by atoms with Gasteiger partial charge in [-0.15, -0.1) is 0 Å². The van der Waals surface area contributed by atoms with Crippen molar-refractivity contribution in [3.8, 4) is 22.9 Å². The predicted molar refractivity (Wildman–Crippen MR) is 144 cm³/mol. The lowest BCUT2D eigenvalue weighted by atomic mass is 10.1. The number of carbonyl (C=O) groups is 2. The maximum absolute atomic E-state index is 12.8. The number of hydrogen-bond acceptors (Lipinski definition) is 4. The van der Waals surface area contributed by atoms with E-state index >= 15 is 0 Å². The maximum Gasteiger partial charge on any atom is 0.323 e. The van der Waals surface area contributed by atoms with Gasteiger partial charge in [-0.3, -0.25) is 9.78 Å². The first-order valence-corrected chi connectivity index (χ1v) is 12.4. The molecule has 0 bridgehead atoms. The molecular formula is C29H29N5O3. The number of anilines is 2. The molecule has 37 heavy (non-hydrogen) atoms. The maximum atomic E-state index is 12.8. The number of H-pyrrole nitrogens is 1. The van der Waals surface area contributed by atoms with Crippen LogP contribution in [0.2, 0.25) is 0 Å². The number of piperidine rings is 1. The second-order valence-electron chi connectivity index (χ2n) is 9.11. The molecule has 2 aromatic heterocycles. The van der Waals surface area contributed by atoms with Gasteiger partial charge in [0.25, 0.3) is 5.91 Å². The van der Waals surface area contributed by atoms with Gasteiger partial charge in [0.1, 0.15) is 11.5 Å². The van der Waals surface area contributed by atoms with Crippen molar-refractivity contribution in [1.29, 1.82) is 0 Å². The molecule has 0 saturated carbocycles. The highest BCUT2D eigenvalue weighted by Crippen LogP contribution is 2.27. The van der Waals surface area contributed by atoms with Gasteiger partial charge in [0.05, 0.1) is 17.0 Å². The first-order chi connectivity index (χ1) is 18.0. The summed E-state index contributed by atoms with van der Waals surface area (Å²) in [6, 6.07) is 19.8. The Morgan fingerprint density at radius 2 is 1.68 bits per heavy atom. The van der Waals surface area contributed by atoms with Crippen LogP contribution in [0.3, 0.4) is 0 Å². The number of pyridine rings is 1. The Labute approximate surface area is 215 Å². The number of rotatable bonds is 6. The van der Waals surface area contributed by atoms with Crippen LogP contribution in [0.25, 0.3) is 11.4 Å². The third kappa shape index (κ3) is 6.16. The zero-order valence-electron chi connectivity index (χ0n) is 20.7. The molecule has 1 saturated heterocycles. The molecule has 1 fully saturated rings. The van der Waals surface area contributed by atoms with Gasteiger partial charge >= 0.3 is 6.03 Å². The Kier molecular flexibility index (Phi) is 7.16. The highest BCUT2D eigenvalue weighted by molar-refractivity contribution is 5.99. The van der Waals surface area contributed by atoms with Crippen molar-refractivity contribution in [2.75, 3.05) is 23.7 Å². The molecule has 0 aliphatic carbocycles. The summed E-state index contributed by atoms with van der Waals surface area (Å²) in [5.74, 6) is 1.28. The van der Waals surface area contributed by atoms with Crippen LogP contribution >= 0.6 is 0 Å². The topological polar surface area (TPSA) is 99.3 Å². The minimum atomic E-state index is -0.317. The number of ether oxygens (including phenoxy) is 1. The van der Waals surface area contributed by atoms with Crippen LogP contribution < -0.4 is 15.4 Å². The molecule has 3 heterocycles. The Balaban J connectivity index is 1.20. The Bertz CT molecular complexity index is 1390. The molecule has 3 amide bonds. The molecule has 8 heteroatoms. The molecule has 0 unspecified atom stereocenters. The first-order valence-electron chi connectivity index (χ1n) is 12.4. The fraction of sp³-hybridized carbons (Fsp3) is 0.207. The lowest BCUT2D eigenvalue weighted by Gasteiger charge is -2.26. The molecular weight excluding hydrogens is 466 g/mol. The third-order valence-electron chi connectivity index (χ3n) is 6.20. The van der Waals surface area contributed by atoms with Crippen molar-refractivity contribution in [2.24, 2.45) is 0 Å². The Hall–Kier alpha value is -4.59. The van der Waals surface area contributed by atoms with Crippen LogP contribution in [0.5, 0.6) is 11.5 Å². The van der Waals surface area contributed by atoms with E-state index in [1.165, 1.54) is 6.42 Å². The minimum absolute atomic E-state index is 0.0517. The van der Waals surface area contributed by atoms with Gasteiger partial charge in [0.15, 0.2) is 0 Å². The molecule has 4 aromatic rings. The van der Waals surface area contributed by atoms with E-state index in [0.29, 0.717) is 28.4 Å². The fourth-order valence-corrected chi connectivity index (χ4v) is 4.33. The van der Waals surface area contributed by atoms with E-state index in [2.05, 4.69) is 20.6 Å². The van der Waals surface area contributed by atoms with Gasteiger partial charge in [-0.25, -0.2) is 4.79 Å². The number of likely N-dealkylation sites (tertiary alicyclic amines) is 1. The number of urea groups is 1. The van der Waals surface area contributed by atoms with E-state index in [-0.39, 0.29) is 11.9 Å². The monoisotopic (exact) mass is 495 g/mol. The minimum Gasteiger partial charge on any atom is -0.457 e. The summed E-state index contributed by atoms with van der Waals surface area (Å²) in [6.45, 7) is 3.60. The van der Waals surface area contributed by atoms with Gasteiger partial charge in [-0.05, 0) is 80.3 Å². The van der Waals surface area contributed by atoms with Crippen LogP contribution in [-0.4, -0.2) is 39.9 Å². The number of aromatic amines is 1. The van der Waals surface area contributed by atoms with Gasteiger partial charge in [-0.2, -0.15) is 0 Å². The number of nitrogens with one attached hydrogen (secondary N) is 3. The molecule has 8 nitrogen and oxygen atoms in total. The average molecular weight is 496 g/mol. The summed E-state index contributed by atoms with van der Waals surface area (Å²) in [6.07, 6.45) is 6.70. The number of aromatic nitrogens is 2. The Morgan fingerprint density at radius 3 is 2.46 bits per heavy atom. The molecule has 188 valence electrons. The van der Waals surface area contributed by atoms with E-state index < -0.39 is 0 Å². The highest BCUT2D eigenvalue weighted by Gasteiger charge is 2.19. The zero-order chi connectivity index (χ0) is 25.6. The number of amides is 3. The molecule has 3 N–H and O–H groups in total. The van der Waals surface area contributed by atoms with Crippen LogP contribution in [0.4, 0.5) is 16.2 Å². The van der Waals surface area contributed by atoms with Gasteiger partial charge < -0.3 is 25.3 Å². The van der Waals surface area contributed by atoms with Crippen molar-refractivity contribution < 1.29 is 14.3 Å². The van der Waals surface area contributed by atoms with Crippen LogP contribution in [-0.2, 0) is 0 Å². The number of nitrogens with zero attached hydrogens (tertiary/aromatic N) is 2. The summed E-state index contributed by atoms with van der Waals surface area (Å²) >= 11 is 0. The number of benzene rings is 2. The molecule has 0 atom stereocenters. The molecule has 1 aliphatic rings. The molecule has 1 aliphatic heterocycles. The number of hydrogen-bond donors (Lipinski definition) is 3. The fourth-order valence-electron chi connectivity index (χ4n) is 4.33. The summed E-state index contributed by atoms with van der Waals surface area (Å²) in [7, 11) is 0. The Morgan fingerprint density at radius 1 is 0.892 bits per heavy atom.